The van der Waals surface area contributed by atoms with Gasteiger partial charge in [0.1, 0.15) is 17.5 Å². The Kier molecular flexibility index (Phi) is 5.78. The van der Waals surface area contributed by atoms with Crippen molar-refractivity contribution in [3.63, 3.8) is 0 Å². The number of rotatable bonds is 6. The summed E-state index contributed by atoms with van der Waals surface area (Å²) in [6.45, 7) is 3.44. The second-order valence-corrected chi connectivity index (χ2v) is 5.44. The van der Waals surface area contributed by atoms with Gasteiger partial charge < -0.3 is 21.1 Å². The van der Waals surface area contributed by atoms with Crippen LogP contribution >= 0.6 is 0 Å². The third-order valence-electron chi connectivity index (χ3n) is 3.47. The third kappa shape index (κ3) is 5.01. The molecule has 0 aliphatic rings. The van der Waals surface area contributed by atoms with Crippen LogP contribution in [0.4, 0.5) is 4.79 Å². The van der Waals surface area contributed by atoms with Crippen LogP contribution < -0.4 is 21.1 Å². The van der Waals surface area contributed by atoms with Crippen LogP contribution in [0.25, 0.3) is 0 Å². The number of benzene rings is 2. The Labute approximate surface area is 141 Å². The Morgan fingerprint density at radius 1 is 0.917 bits per heavy atom. The zero-order valence-corrected chi connectivity index (χ0v) is 13.7. The summed E-state index contributed by atoms with van der Waals surface area (Å²) in [7, 11) is 0. The minimum atomic E-state index is -0.729. The molecule has 2 unspecified atom stereocenters. The second kappa shape index (κ2) is 8.01. The van der Waals surface area contributed by atoms with E-state index in [0.717, 1.165) is 11.3 Å². The molecular formula is C18H21N3O3. The summed E-state index contributed by atoms with van der Waals surface area (Å²) in [5, 5.41) is 5.16. The van der Waals surface area contributed by atoms with Crippen molar-refractivity contribution in [2.75, 3.05) is 0 Å². The summed E-state index contributed by atoms with van der Waals surface area (Å²) in [4.78, 5) is 22.7. The maximum absolute atomic E-state index is 12.0. The van der Waals surface area contributed by atoms with E-state index in [2.05, 4.69) is 10.6 Å². The first-order chi connectivity index (χ1) is 11.5. The lowest BCUT2D eigenvalue weighted by Gasteiger charge is -2.18. The molecule has 0 radical (unpaired) electrons. The monoisotopic (exact) mass is 327 g/mol. The Hall–Kier alpha value is -3.02. The van der Waals surface area contributed by atoms with Crippen molar-refractivity contribution in [3.8, 4) is 11.5 Å². The van der Waals surface area contributed by atoms with Crippen LogP contribution in [0.5, 0.6) is 11.5 Å². The first-order valence-electron chi connectivity index (χ1n) is 7.65. The summed E-state index contributed by atoms with van der Waals surface area (Å²) in [6, 6.07) is 15.3. The number of carbonyl (C=O) groups is 2. The molecular weight excluding hydrogens is 306 g/mol. The lowest BCUT2D eigenvalue weighted by molar-refractivity contribution is -0.123. The Morgan fingerprint density at radius 2 is 1.50 bits per heavy atom. The molecule has 2 aromatic carbocycles. The van der Waals surface area contributed by atoms with Gasteiger partial charge in [-0.3, -0.25) is 4.79 Å². The minimum absolute atomic E-state index is 0.208. The second-order valence-electron chi connectivity index (χ2n) is 5.44. The maximum Gasteiger partial charge on any atom is 0.312 e. The highest BCUT2D eigenvalue weighted by atomic mass is 16.5. The molecule has 6 nitrogen and oxygen atoms in total. The van der Waals surface area contributed by atoms with Crippen LogP contribution in [0.15, 0.2) is 54.6 Å². The van der Waals surface area contributed by atoms with E-state index >= 15 is 0 Å². The largest absolute Gasteiger partial charge is 0.457 e. The molecule has 2 atom stereocenters. The Morgan fingerprint density at radius 3 is 2.08 bits per heavy atom. The quantitative estimate of drug-likeness (QED) is 0.761. The number of urea groups is 1. The predicted octanol–water partition coefficient (Wildman–Crippen LogP) is 2.71. The van der Waals surface area contributed by atoms with Gasteiger partial charge in [0, 0.05) is 0 Å². The highest BCUT2D eigenvalue weighted by Crippen LogP contribution is 2.23. The van der Waals surface area contributed by atoms with Crippen LogP contribution in [0.3, 0.4) is 0 Å². The summed E-state index contributed by atoms with van der Waals surface area (Å²) in [6.07, 6.45) is 0. The number of hydrogen-bond donors (Lipinski definition) is 3. The van der Waals surface area contributed by atoms with Crippen molar-refractivity contribution in [2.45, 2.75) is 25.9 Å². The van der Waals surface area contributed by atoms with E-state index < -0.39 is 12.1 Å². The van der Waals surface area contributed by atoms with Crippen molar-refractivity contribution in [3.05, 3.63) is 60.2 Å². The molecule has 3 amide bonds. The molecule has 4 N–H and O–H groups in total. The molecule has 0 saturated heterocycles. The number of primary amides is 1. The number of hydrogen-bond acceptors (Lipinski definition) is 3. The van der Waals surface area contributed by atoms with E-state index in [1.54, 1.807) is 6.92 Å². The number of para-hydroxylation sites is 1. The van der Waals surface area contributed by atoms with Crippen LogP contribution in [0.2, 0.25) is 0 Å². The van der Waals surface area contributed by atoms with Gasteiger partial charge >= 0.3 is 6.03 Å². The number of carbonyl (C=O) groups excluding carboxylic acids is 2. The SMILES string of the molecule is CC(NC(N)=O)C(=O)NC(C)c1ccc(Oc2ccccc2)cc1. The number of amides is 3. The van der Waals surface area contributed by atoms with Crippen LogP contribution in [-0.2, 0) is 4.79 Å². The molecule has 0 heterocycles. The Balaban J connectivity index is 1.94. The van der Waals surface area contributed by atoms with Crippen molar-refractivity contribution in [2.24, 2.45) is 5.73 Å². The fraction of sp³-hybridized carbons (Fsp3) is 0.222. The van der Waals surface area contributed by atoms with E-state index in [-0.39, 0.29) is 11.9 Å². The van der Waals surface area contributed by atoms with Crippen molar-refractivity contribution in [1.82, 2.24) is 10.6 Å². The number of nitrogens with one attached hydrogen (secondary N) is 2. The molecule has 126 valence electrons. The maximum atomic E-state index is 12.0. The molecule has 0 aliphatic heterocycles. The molecule has 2 aromatic rings. The van der Waals surface area contributed by atoms with Crippen molar-refractivity contribution < 1.29 is 14.3 Å². The average Bonchev–Trinajstić information content (AvgIpc) is 2.55. The van der Waals surface area contributed by atoms with Gasteiger partial charge in [0.05, 0.1) is 6.04 Å². The fourth-order valence-corrected chi connectivity index (χ4v) is 2.15. The van der Waals surface area contributed by atoms with Gasteiger partial charge in [-0.15, -0.1) is 0 Å². The Bertz CT molecular complexity index is 686. The van der Waals surface area contributed by atoms with Crippen LogP contribution in [0.1, 0.15) is 25.5 Å². The van der Waals surface area contributed by atoms with Gasteiger partial charge in [-0.25, -0.2) is 4.79 Å². The highest BCUT2D eigenvalue weighted by Gasteiger charge is 2.17. The van der Waals surface area contributed by atoms with E-state index in [9.17, 15) is 9.59 Å². The van der Waals surface area contributed by atoms with Crippen molar-refractivity contribution in [1.29, 1.82) is 0 Å². The molecule has 0 aliphatic carbocycles. The van der Waals surface area contributed by atoms with Gasteiger partial charge in [-0.1, -0.05) is 30.3 Å². The van der Waals surface area contributed by atoms with Gasteiger partial charge in [0.25, 0.3) is 0 Å². The zero-order valence-electron chi connectivity index (χ0n) is 13.7. The molecule has 0 bridgehead atoms. The van der Waals surface area contributed by atoms with Gasteiger partial charge in [0.15, 0.2) is 0 Å². The summed E-state index contributed by atoms with van der Waals surface area (Å²) in [5.41, 5.74) is 5.94. The van der Waals surface area contributed by atoms with E-state index in [0.29, 0.717) is 5.75 Å². The standard InChI is InChI=1S/C18H21N3O3/c1-12(20-17(22)13(2)21-18(19)23)14-8-10-16(11-9-14)24-15-6-4-3-5-7-15/h3-13H,1-2H3,(H,20,22)(H3,19,21,23). The summed E-state index contributed by atoms with van der Waals surface area (Å²) < 4.78 is 5.73. The zero-order chi connectivity index (χ0) is 17.5. The molecule has 2 rings (SSSR count). The molecule has 0 fully saturated rings. The number of nitrogens with two attached hydrogens (primary N) is 1. The lowest BCUT2D eigenvalue weighted by atomic mass is 10.1. The smallest absolute Gasteiger partial charge is 0.312 e. The highest BCUT2D eigenvalue weighted by molar-refractivity contribution is 5.86. The molecule has 0 spiro atoms. The topological polar surface area (TPSA) is 93.5 Å². The van der Waals surface area contributed by atoms with Crippen molar-refractivity contribution >= 4 is 11.9 Å². The number of ether oxygens (including phenoxy) is 1. The molecule has 0 saturated carbocycles. The molecule has 24 heavy (non-hydrogen) atoms. The molecule has 6 heteroatoms. The first-order valence-corrected chi connectivity index (χ1v) is 7.65. The van der Waals surface area contributed by atoms with Gasteiger partial charge in [-0.2, -0.15) is 0 Å². The third-order valence-corrected chi connectivity index (χ3v) is 3.47. The van der Waals surface area contributed by atoms with Gasteiger partial charge in [0.2, 0.25) is 5.91 Å². The predicted molar refractivity (Wildman–Crippen MR) is 91.7 cm³/mol. The first kappa shape index (κ1) is 17.3. The molecule has 0 aromatic heterocycles. The summed E-state index contributed by atoms with van der Waals surface area (Å²) in [5.74, 6) is 1.18. The normalized spacial score (nSPS) is 12.8. The van der Waals surface area contributed by atoms with Crippen LogP contribution in [0, 0.1) is 0 Å². The van der Waals surface area contributed by atoms with Crippen LogP contribution in [-0.4, -0.2) is 18.0 Å². The summed E-state index contributed by atoms with van der Waals surface area (Å²) >= 11 is 0. The average molecular weight is 327 g/mol. The van der Waals surface area contributed by atoms with Gasteiger partial charge in [-0.05, 0) is 43.7 Å². The van der Waals surface area contributed by atoms with E-state index in [1.807, 2.05) is 61.5 Å². The van der Waals surface area contributed by atoms with E-state index in [1.165, 1.54) is 0 Å². The van der Waals surface area contributed by atoms with E-state index in [4.69, 9.17) is 10.5 Å². The fourth-order valence-electron chi connectivity index (χ4n) is 2.15. The lowest BCUT2D eigenvalue weighted by Crippen LogP contribution is -2.47. The minimum Gasteiger partial charge on any atom is -0.457 e.